The van der Waals surface area contributed by atoms with E-state index in [9.17, 15) is 0 Å². The standard InChI is InChI=1S/C6H7N2/c1-7-6-3-2-4-8-5-6/h2,4-5,7H,1H3. The Hall–Kier alpha value is -1.05. The molecule has 1 aromatic rings. The Labute approximate surface area is 48.6 Å². The van der Waals surface area contributed by atoms with Crippen molar-refractivity contribution in [3.05, 3.63) is 24.5 Å². The highest BCUT2D eigenvalue weighted by molar-refractivity contribution is 5.36. The molecule has 0 bridgehead atoms. The van der Waals surface area contributed by atoms with E-state index >= 15 is 0 Å². The van der Waals surface area contributed by atoms with Gasteiger partial charge < -0.3 is 5.32 Å². The normalized spacial score (nSPS) is 8.62. The van der Waals surface area contributed by atoms with E-state index in [1.807, 2.05) is 7.05 Å². The van der Waals surface area contributed by atoms with Crippen molar-refractivity contribution in [1.29, 1.82) is 0 Å². The molecule has 0 atom stereocenters. The fourth-order valence-corrected chi connectivity index (χ4v) is 0.462. The molecule has 0 amide bonds. The van der Waals surface area contributed by atoms with E-state index in [1.54, 1.807) is 18.5 Å². The number of rotatable bonds is 1. The van der Waals surface area contributed by atoms with Crippen molar-refractivity contribution in [2.24, 2.45) is 0 Å². The van der Waals surface area contributed by atoms with Crippen LogP contribution in [0.2, 0.25) is 0 Å². The first-order chi connectivity index (χ1) is 3.93. The third-order valence-electron chi connectivity index (χ3n) is 0.872. The second kappa shape index (κ2) is 2.31. The highest BCUT2D eigenvalue weighted by Crippen LogP contribution is 1.97. The van der Waals surface area contributed by atoms with Crippen LogP contribution >= 0.6 is 0 Å². The summed E-state index contributed by atoms with van der Waals surface area (Å²) in [6.45, 7) is 0. The SMILES string of the molecule is CNc1[c]ccnc1. The average Bonchev–Trinajstić information content (AvgIpc) is 1.90. The van der Waals surface area contributed by atoms with Crippen LogP contribution in [0.15, 0.2) is 18.5 Å². The van der Waals surface area contributed by atoms with E-state index in [0.717, 1.165) is 5.69 Å². The van der Waals surface area contributed by atoms with Crippen molar-refractivity contribution in [1.82, 2.24) is 4.98 Å². The number of nitrogens with zero attached hydrogens (tertiary/aromatic N) is 1. The molecule has 0 unspecified atom stereocenters. The molecule has 0 aromatic carbocycles. The van der Waals surface area contributed by atoms with Crippen molar-refractivity contribution in [2.75, 3.05) is 12.4 Å². The molecule has 1 N–H and O–H groups in total. The van der Waals surface area contributed by atoms with Crippen LogP contribution in [0.25, 0.3) is 0 Å². The van der Waals surface area contributed by atoms with Crippen molar-refractivity contribution in [3.63, 3.8) is 0 Å². The van der Waals surface area contributed by atoms with E-state index in [-0.39, 0.29) is 0 Å². The Morgan fingerprint density at radius 3 is 3.00 bits per heavy atom. The van der Waals surface area contributed by atoms with Crippen LogP contribution in [-0.2, 0) is 0 Å². The summed E-state index contributed by atoms with van der Waals surface area (Å²) >= 11 is 0. The molecule has 2 heteroatoms. The van der Waals surface area contributed by atoms with E-state index in [1.165, 1.54) is 0 Å². The topological polar surface area (TPSA) is 24.9 Å². The van der Waals surface area contributed by atoms with Gasteiger partial charge in [0.25, 0.3) is 0 Å². The van der Waals surface area contributed by atoms with Gasteiger partial charge in [0.2, 0.25) is 0 Å². The minimum atomic E-state index is 0.924. The van der Waals surface area contributed by atoms with Crippen LogP contribution in [-0.4, -0.2) is 12.0 Å². The van der Waals surface area contributed by atoms with Crippen LogP contribution in [0, 0.1) is 6.07 Å². The van der Waals surface area contributed by atoms with Gasteiger partial charge in [0.15, 0.2) is 0 Å². The summed E-state index contributed by atoms with van der Waals surface area (Å²) in [6, 6.07) is 4.71. The van der Waals surface area contributed by atoms with Crippen molar-refractivity contribution in [2.45, 2.75) is 0 Å². The molecule has 2 nitrogen and oxygen atoms in total. The number of pyridine rings is 1. The lowest BCUT2D eigenvalue weighted by Crippen LogP contribution is -1.86. The summed E-state index contributed by atoms with van der Waals surface area (Å²) in [5, 5.41) is 2.91. The fraction of sp³-hybridized carbons (Fsp3) is 0.167. The monoisotopic (exact) mass is 107 g/mol. The summed E-state index contributed by atoms with van der Waals surface area (Å²) in [7, 11) is 1.84. The van der Waals surface area contributed by atoms with Crippen LogP contribution in [0.3, 0.4) is 0 Å². The summed E-state index contributed by atoms with van der Waals surface area (Å²) in [5.74, 6) is 0. The molecule has 0 aliphatic carbocycles. The molecule has 8 heavy (non-hydrogen) atoms. The fourth-order valence-electron chi connectivity index (χ4n) is 0.462. The molecule has 0 aliphatic heterocycles. The lowest BCUT2D eigenvalue weighted by molar-refractivity contribution is 1.31. The smallest absolute Gasteiger partial charge is 0.0604 e. The Morgan fingerprint density at radius 1 is 1.75 bits per heavy atom. The maximum absolute atomic E-state index is 3.86. The van der Waals surface area contributed by atoms with Crippen molar-refractivity contribution in [3.8, 4) is 0 Å². The minimum Gasteiger partial charge on any atom is -0.386 e. The maximum Gasteiger partial charge on any atom is 0.0604 e. The van der Waals surface area contributed by atoms with Gasteiger partial charge in [0, 0.05) is 19.3 Å². The number of hydrogen-bond acceptors (Lipinski definition) is 2. The average molecular weight is 107 g/mol. The van der Waals surface area contributed by atoms with Gasteiger partial charge in [-0.15, -0.1) is 0 Å². The van der Waals surface area contributed by atoms with E-state index in [4.69, 9.17) is 0 Å². The molecule has 1 heterocycles. The molecule has 0 fully saturated rings. The molecule has 1 rings (SSSR count). The van der Waals surface area contributed by atoms with Crippen molar-refractivity contribution >= 4 is 5.69 Å². The van der Waals surface area contributed by atoms with Crippen molar-refractivity contribution < 1.29 is 0 Å². The van der Waals surface area contributed by atoms with Gasteiger partial charge in [-0.1, -0.05) is 0 Å². The molecule has 41 valence electrons. The van der Waals surface area contributed by atoms with Crippen LogP contribution in [0.5, 0.6) is 0 Å². The number of aromatic nitrogens is 1. The quantitative estimate of drug-likeness (QED) is 0.577. The van der Waals surface area contributed by atoms with Gasteiger partial charge in [-0.05, 0) is 6.07 Å². The van der Waals surface area contributed by atoms with Crippen LogP contribution in [0.4, 0.5) is 5.69 Å². The summed E-state index contributed by atoms with van der Waals surface area (Å²) in [4.78, 5) is 3.86. The largest absolute Gasteiger partial charge is 0.386 e. The van der Waals surface area contributed by atoms with Gasteiger partial charge >= 0.3 is 0 Å². The molecule has 0 saturated carbocycles. The molecule has 0 aliphatic rings. The highest BCUT2D eigenvalue weighted by atomic mass is 14.8. The van der Waals surface area contributed by atoms with E-state index < -0.39 is 0 Å². The number of hydrogen-bond donors (Lipinski definition) is 1. The Bertz CT molecular complexity index is 148. The lowest BCUT2D eigenvalue weighted by Gasteiger charge is -1.92. The van der Waals surface area contributed by atoms with Gasteiger partial charge in [-0.2, -0.15) is 0 Å². The first-order valence-corrected chi connectivity index (χ1v) is 2.43. The first kappa shape index (κ1) is 5.09. The Morgan fingerprint density at radius 2 is 2.62 bits per heavy atom. The Kier molecular flexibility index (Phi) is 1.47. The molecule has 0 saturated heterocycles. The zero-order valence-corrected chi connectivity index (χ0v) is 4.68. The molecular weight excluding hydrogens is 100 g/mol. The van der Waals surface area contributed by atoms with Gasteiger partial charge in [0.1, 0.15) is 0 Å². The summed E-state index contributed by atoms with van der Waals surface area (Å²) in [6.07, 6.45) is 3.42. The Balaban J connectivity index is 2.83. The van der Waals surface area contributed by atoms with Crippen LogP contribution < -0.4 is 5.32 Å². The second-order valence-corrected chi connectivity index (χ2v) is 1.40. The second-order valence-electron chi connectivity index (χ2n) is 1.40. The van der Waals surface area contributed by atoms with E-state index in [2.05, 4.69) is 16.4 Å². The number of anilines is 1. The predicted octanol–water partition coefficient (Wildman–Crippen LogP) is 0.923. The van der Waals surface area contributed by atoms with Gasteiger partial charge in [0.05, 0.1) is 11.9 Å². The first-order valence-electron chi connectivity index (χ1n) is 2.43. The highest BCUT2D eigenvalue weighted by Gasteiger charge is 1.80. The third-order valence-corrected chi connectivity index (χ3v) is 0.872. The predicted molar refractivity (Wildman–Crippen MR) is 32.6 cm³/mol. The molecule has 1 aromatic heterocycles. The molecular formula is C6H7N2. The third kappa shape index (κ3) is 0.964. The molecule has 1 radical (unpaired) electrons. The minimum absolute atomic E-state index is 0.924. The van der Waals surface area contributed by atoms with E-state index in [0.29, 0.717) is 0 Å². The number of nitrogens with one attached hydrogen (secondary N) is 1. The zero-order valence-electron chi connectivity index (χ0n) is 4.68. The summed E-state index contributed by atoms with van der Waals surface area (Å²) in [5.41, 5.74) is 0.924. The van der Waals surface area contributed by atoms with Gasteiger partial charge in [-0.25, -0.2) is 0 Å². The maximum atomic E-state index is 3.86. The zero-order chi connectivity index (χ0) is 5.82. The molecule has 0 spiro atoms. The van der Waals surface area contributed by atoms with Gasteiger partial charge in [-0.3, -0.25) is 4.98 Å². The van der Waals surface area contributed by atoms with Crippen LogP contribution in [0.1, 0.15) is 0 Å². The summed E-state index contributed by atoms with van der Waals surface area (Å²) < 4.78 is 0. The lowest BCUT2D eigenvalue weighted by atomic mass is 10.4.